The van der Waals surface area contributed by atoms with Crippen molar-refractivity contribution >= 4 is 17.5 Å². The predicted molar refractivity (Wildman–Crippen MR) is 83.9 cm³/mol. The summed E-state index contributed by atoms with van der Waals surface area (Å²) in [7, 11) is 1.98. The van der Waals surface area contributed by atoms with Crippen molar-refractivity contribution in [2.45, 2.75) is 37.8 Å². The Morgan fingerprint density at radius 3 is 2.76 bits per heavy atom. The topological polar surface area (TPSA) is 47.8 Å². The van der Waals surface area contributed by atoms with Crippen LogP contribution in [0.25, 0.3) is 0 Å². The number of benzene rings is 1. The predicted octanol–water partition coefficient (Wildman–Crippen LogP) is 3.28. The molecule has 1 heterocycles. The molecule has 0 aliphatic heterocycles. The molecule has 0 saturated heterocycles. The van der Waals surface area contributed by atoms with Crippen LogP contribution in [0.3, 0.4) is 0 Å². The molecule has 1 aromatic heterocycles. The van der Waals surface area contributed by atoms with Crippen molar-refractivity contribution in [1.82, 2.24) is 14.8 Å². The summed E-state index contributed by atoms with van der Waals surface area (Å²) < 4.78 is 2.03. The van der Waals surface area contributed by atoms with Gasteiger partial charge in [0.15, 0.2) is 10.9 Å². The van der Waals surface area contributed by atoms with Gasteiger partial charge in [0.25, 0.3) is 0 Å². The average molecular weight is 301 g/mol. The van der Waals surface area contributed by atoms with Crippen molar-refractivity contribution in [1.29, 1.82) is 0 Å². The van der Waals surface area contributed by atoms with Crippen LogP contribution in [0.15, 0.2) is 23.4 Å². The maximum atomic E-state index is 12.3. The molecule has 110 valence electrons. The molecule has 4 nitrogen and oxygen atoms in total. The standard InChI is InChI=1S/C16H19N3OS/c1-10-4-7-13(11(2)8-10)14(20)9-21-16-18-17-15(19(16)3)12-5-6-12/h4,7-8,12H,5-6,9H2,1-3H3. The fourth-order valence-electron chi connectivity index (χ4n) is 2.48. The van der Waals surface area contributed by atoms with Crippen molar-refractivity contribution in [3.8, 4) is 0 Å². The van der Waals surface area contributed by atoms with E-state index in [9.17, 15) is 4.79 Å². The highest BCUT2D eigenvalue weighted by molar-refractivity contribution is 7.99. The summed E-state index contributed by atoms with van der Waals surface area (Å²) in [5.74, 6) is 2.18. The quantitative estimate of drug-likeness (QED) is 0.628. The van der Waals surface area contributed by atoms with Crippen LogP contribution in [0.2, 0.25) is 0 Å². The number of nitrogens with zero attached hydrogens (tertiary/aromatic N) is 3. The maximum absolute atomic E-state index is 12.3. The van der Waals surface area contributed by atoms with Gasteiger partial charge in [-0.05, 0) is 32.3 Å². The highest BCUT2D eigenvalue weighted by Gasteiger charge is 2.29. The highest BCUT2D eigenvalue weighted by Crippen LogP contribution is 2.39. The van der Waals surface area contributed by atoms with Crippen LogP contribution in [0.1, 0.15) is 46.1 Å². The molecule has 2 aromatic rings. The zero-order chi connectivity index (χ0) is 15.0. The van der Waals surface area contributed by atoms with Crippen molar-refractivity contribution in [2.75, 3.05) is 5.75 Å². The third-order valence-electron chi connectivity index (χ3n) is 3.83. The summed E-state index contributed by atoms with van der Waals surface area (Å²) in [5.41, 5.74) is 3.02. The molecule has 0 unspecified atom stereocenters. The second kappa shape index (κ2) is 5.64. The first-order chi connectivity index (χ1) is 10.1. The van der Waals surface area contributed by atoms with Crippen LogP contribution in [-0.2, 0) is 7.05 Å². The lowest BCUT2D eigenvalue weighted by atomic mass is 10.0. The zero-order valence-electron chi connectivity index (χ0n) is 12.6. The van der Waals surface area contributed by atoms with Gasteiger partial charge in [0.2, 0.25) is 0 Å². The van der Waals surface area contributed by atoms with Crippen LogP contribution >= 0.6 is 11.8 Å². The van der Waals surface area contributed by atoms with E-state index in [1.807, 2.05) is 43.7 Å². The van der Waals surface area contributed by atoms with Crippen LogP contribution in [0, 0.1) is 13.8 Å². The summed E-state index contributed by atoms with van der Waals surface area (Å²) in [5, 5.41) is 9.27. The van der Waals surface area contributed by atoms with E-state index < -0.39 is 0 Å². The first-order valence-corrected chi connectivity index (χ1v) is 8.17. The average Bonchev–Trinajstić information content (AvgIpc) is 3.21. The van der Waals surface area contributed by atoms with Gasteiger partial charge >= 0.3 is 0 Å². The van der Waals surface area contributed by atoms with Crippen molar-refractivity contribution in [2.24, 2.45) is 7.05 Å². The first kappa shape index (κ1) is 14.3. The number of aryl methyl sites for hydroxylation is 2. The van der Waals surface area contributed by atoms with E-state index in [1.165, 1.54) is 30.2 Å². The molecule has 0 radical (unpaired) electrons. The second-order valence-corrected chi connectivity index (χ2v) is 6.65. The number of rotatable bonds is 5. The first-order valence-electron chi connectivity index (χ1n) is 7.19. The molecule has 1 aromatic carbocycles. The van der Waals surface area contributed by atoms with Gasteiger partial charge in [0.05, 0.1) is 5.75 Å². The molecular formula is C16H19N3OS. The summed E-state index contributed by atoms with van der Waals surface area (Å²) in [6.45, 7) is 4.02. The largest absolute Gasteiger partial charge is 0.309 e. The van der Waals surface area contributed by atoms with Crippen molar-refractivity contribution in [3.63, 3.8) is 0 Å². The van der Waals surface area contributed by atoms with Gasteiger partial charge in [-0.2, -0.15) is 0 Å². The highest BCUT2D eigenvalue weighted by atomic mass is 32.2. The van der Waals surface area contributed by atoms with Gasteiger partial charge in [-0.15, -0.1) is 10.2 Å². The third-order valence-corrected chi connectivity index (χ3v) is 4.85. The van der Waals surface area contributed by atoms with Crippen LogP contribution in [0.5, 0.6) is 0 Å². The fourth-order valence-corrected chi connectivity index (χ4v) is 3.28. The number of aromatic nitrogens is 3. The lowest BCUT2D eigenvalue weighted by molar-refractivity contribution is 0.102. The summed E-state index contributed by atoms with van der Waals surface area (Å²) in [6, 6.07) is 5.95. The number of hydrogen-bond donors (Lipinski definition) is 0. The molecule has 0 amide bonds. The molecule has 0 atom stereocenters. The van der Waals surface area contributed by atoms with Gasteiger partial charge < -0.3 is 4.57 Å². The number of thioether (sulfide) groups is 1. The zero-order valence-corrected chi connectivity index (χ0v) is 13.4. The van der Waals surface area contributed by atoms with Crippen molar-refractivity contribution in [3.05, 3.63) is 40.7 Å². The molecule has 0 bridgehead atoms. The van der Waals surface area contributed by atoms with E-state index in [4.69, 9.17) is 0 Å². The lowest BCUT2D eigenvalue weighted by Gasteiger charge is -2.06. The second-order valence-electron chi connectivity index (χ2n) is 5.70. The molecule has 0 spiro atoms. The SMILES string of the molecule is Cc1ccc(C(=O)CSc2nnc(C3CC3)n2C)c(C)c1. The molecule has 5 heteroatoms. The molecule has 3 rings (SSSR count). The van der Waals surface area contributed by atoms with E-state index >= 15 is 0 Å². The molecule has 1 aliphatic carbocycles. The normalized spacial score (nSPS) is 14.4. The smallest absolute Gasteiger partial charge is 0.191 e. The van der Waals surface area contributed by atoms with Crippen molar-refractivity contribution < 1.29 is 4.79 Å². The minimum absolute atomic E-state index is 0.147. The van der Waals surface area contributed by atoms with Gasteiger partial charge in [-0.3, -0.25) is 4.79 Å². The van der Waals surface area contributed by atoms with E-state index in [0.29, 0.717) is 11.7 Å². The van der Waals surface area contributed by atoms with Gasteiger partial charge in [-0.1, -0.05) is 35.5 Å². The molecule has 1 saturated carbocycles. The Bertz CT molecular complexity index is 689. The summed E-state index contributed by atoms with van der Waals surface area (Å²) in [6.07, 6.45) is 2.41. The summed E-state index contributed by atoms with van der Waals surface area (Å²) >= 11 is 1.47. The van der Waals surface area contributed by atoms with E-state index in [2.05, 4.69) is 10.2 Å². The molecule has 0 N–H and O–H groups in total. The third kappa shape index (κ3) is 3.02. The Kier molecular flexibility index (Phi) is 3.85. The lowest BCUT2D eigenvalue weighted by Crippen LogP contribution is -2.06. The molecular weight excluding hydrogens is 282 g/mol. The number of ketones is 1. The Labute approximate surface area is 129 Å². The maximum Gasteiger partial charge on any atom is 0.191 e. The Morgan fingerprint density at radius 2 is 2.10 bits per heavy atom. The van der Waals surface area contributed by atoms with Crippen LogP contribution in [0.4, 0.5) is 0 Å². The minimum Gasteiger partial charge on any atom is -0.309 e. The van der Waals surface area contributed by atoms with Gasteiger partial charge in [0.1, 0.15) is 5.82 Å². The molecule has 1 aliphatic rings. The van der Waals surface area contributed by atoms with E-state index in [0.717, 1.165) is 22.1 Å². The molecule has 1 fully saturated rings. The summed E-state index contributed by atoms with van der Waals surface area (Å²) in [4.78, 5) is 12.3. The number of Topliss-reactive ketones (excluding diaryl/α,β-unsaturated/α-hetero) is 1. The van der Waals surface area contributed by atoms with E-state index in [1.54, 1.807) is 0 Å². The van der Waals surface area contributed by atoms with Crippen LogP contribution < -0.4 is 0 Å². The van der Waals surface area contributed by atoms with Gasteiger partial charge in [0, 0.05) is 18.5 Å². The number of carbonyl (C=O) groups is 1. The Balaban J connectivity index is 1.68. The number of hydrogen-bond acceptors (Lipinski definition) is 4. The number of carbonyl (C=O) groups excluding carboxylic acids is 1. The Morgan fingerprint density at radius 1 is 1.33 bits per heavy atom. The minimum atomic E-state index is 0.147. The molecule has 21 heavy (non-hydrogen) atoms. The monoisotopic (exact) mass is 301 g/mol. The Hall–Kier alpha value is -1.62. The van der Waals surface area contributed by atoms with Crippen LogP contribution in [-0.4, -0.2) is 26.3 Å². The van der Waals surface area contributed by atoms with Gasteiger partial charge in [-0.25, -0.2) is 0 Å². The fraction of sp³-hybridized carbons (Fsp3) is 0.438. The van der Waals surface area contributed by atoms with E-state index in [-0.39, 0.29) is 5.78 Å².